The van der Waals surface area contributed by atoms with E-state index in [1.807, 2.05) is 6.92 Å². The summed E-state index contributed by atoms with van der Waals surface area (Å²) in [7, 11) is 0. The minimum absolute atomic E-state index is 0.314. The lowest BCUT2D eigenvalue weighted by molar-refractivity contribution is 0.102. The number of pyridine rings is 1. The van der Waals surface area contributed by atoms with Crippen molar-refractivity contribution < 1.29 is 13.9 Å². The predicted octanol–water partition coefficient (Wildman–Crippen LogP) is 2.87. The fraction of sp³-hybridized carbons (Fsp3) is 0.143. The number of amides is 1. The highest BCUT2D eigenvalue weighted by Crippen LogP contribution is 2.13. The van der Waals surface area contributed by atoms with Crippen LogP contribution in [0.25, 0.3) is 0 Å². The topological polar surface area (TPSA) is 51.2 Å². The van der Waals surface area contributed by atoms with Gasteiger partial charge in [-0.15, -0.1) is 0 Å². The lowest BCUT2D eigenvalue weighted by atomic mass is 10.2. The van der Waals surface area contributed by atoms with Crippen LogP contribution >= 0.6 is 0 Å². The second-order valence-corrected chi connectivity index (χ2v) is 3.78. The van der Waals surface area contributed by atoms with Gasteiger partial charge in [-0.1, -0.05) is 0 Å². The molecule has 0 bridgehead atoms. The molecule has 1 heterocycles. The van der Waals surface area contributed by atoms with Crippen LogP contribution in [0.3, 0.4) is 0 Å². The molecular weight excluding hydrogens is 247 g/mol. The first-order valence-corrected chi connectivity index (χ1v) is 5.85. The molecule has 2 aromatic rings. The van der Waals surface area contributed by atoms with Crippen LogP contribution in [-0.2, 0) is 0 Å². The van der Waals surface area contributed by atoms with Crippen molar-refractivity contribution in [3.8, 4) is 5.88 Å². The van der Waals surface area contributed by atoms with Crippen molar-refractivity contribution in [2.75, 3.05) is 11.9 Å². The summed E-state index contributed by atoms with van der Waals surface area (Å²) in [5, 5.41) is 2.67. The summed E-state index contributed by atoms with van der Waals surface area (Å²) in [5.74, 6) is -0.187. The first kappa shape index (κ1) is 13.0. The fourth-order valence-corrected chi connectivity index (χ4v) is 1.49. The number of carbonyl (C=O) groups is 1. The second-order valence-electron chi connectivity index (χ2n) is 3.78. The van der Waals surface area contributed by atoms with E-state index in [1.165, 1.54) is 30.5 Å². The Morgan fingerprint density at radius 1 is 1.26 bits per heavy atom. The van der Waals surface area contributed by atoms with E-state index < -0.39 is 0 Å². The van der Waals surface area contributed by atoms with Gasteiger partial charge in [-0.05, 0) is 37.3 Å². The maximum Gasteiger partial charge on any atom is 0.255 e. The van der Waals surface area contributed by atoms with Gasteiger partial charge in [0, 0.05) is 11.6 Å². The van der Waals surface area contributed by atoms with Crippen LogP contribution in [0.1, 0.15) is 17.3 Å². The molecule has 0 aliphatic heterocycles. The summed E-state index contributed by atoms with van der Waals surface area (Å²) in [5.41, 5.74) is 0.938. The van der Waals surface area contributed by atoms with E-state index in [4.69, 9.17) is 4.74 Å². The number of benzene rings is 1. The number of aromatic nitrogens is 1. The smallest absolute Gasteiger partial charge is 0.255 e. The molecule has 5 heteroatoms. The van der Waals surface area contributed by atoms with Crippen LogP contribution in [0, 0.1) is 5.82 Å². The van der Waals surface area contributed by atoms with E-state index in [-0.39, 0.29) is 11.7 Å². The first-order valence-electron chi connectivity index (χ1n) is 5.85. The molecule has 2 rings (SSSR count). The Morgan fingerprint density at radius 2 is 2.00 bits per heavy atom. The standard InChI is InChI=1S/C14H13FN2O2/c1-2-19-13-8-7-12(9-16-13)17-14(18)10-3-5-11(15)6-4-10/h3-9H,2H2,1H3,(H,17,18). The molecule has 98 valence electrons. The van der Waals surface area contributed by atoms with Gasteiger partial charge in [-0.3, -0.25) is 4.79 Å². The zero-order chi connectivity index (χ0) is 13.7. The second kappa shape index (κ2) is 5.95. The summed E-state index contributed by atoms with van der Waals surface area (Å²) < 4.78 is 17.9. The molecule has 0 spiro atoms. The molecule has 0 saturated carbocycles. The van der Waals surface area contributed by atoms with Gasteiger partial charge < -0.3 is 10.1 Å². The van der Waals surface area contributed by atoms with Gasteiger partial charge in [0.1, 0.15) is 5.82 Å². The van der Waals surface area contributed by atoms with Gasteiger partial charge >= 0.3 is 0 Å². The zero-order valence-corrected chi connectivity index (χ0v) is 10.4. The number of rotatable bonds is 4. The third kappa shape index (κ3) is 3.51. The van der Waals surface area contributed by atoms with Crippen LogP contribution in [0.5, 0.6) is 5.88 Å². The summed E-state index contributed by atoms with van der Waals surface area (Å²) in [6.45, 7) is 2.40. The Labute approximate surface area is 110 Å². The maximum absolute atomic E-state index is 12.7. The third-order valence-corrected chi connectivity index (χ3v) is 2.39. The van der Waals surface area contributed by atoms with Crippen molar-refractivity contribution in [2.45, 2.75) is 6.92 Å². The molecule has 0 fully saturated rings. The van der Waals surface area contributed by atoms with Crippen molar-refractivity contribution in [3.63, 3.8) is 0 Å². The zero-order valence-electron chi connectivity index (χ0n) is 10.4. The van der Waals surface area contributed by atoms with E-state index >= 15 is 0 Å². The highest BCUT2D eigenvalue weighted by molar-refractivity contribution is 6.04. The van der Waals surface area contributed by atoms with E-state index in [0.717, 1.165) is 0 Å². The summed E-state index contributed by atoms with van der Waals surface area (Å²) in [6, 6.07) is 8.69. The van der Waals surface area contributed by atoms with Crippen molar-refractivity contribution in [2.24, 2.45) is 0 Å². The summed E-state index contributed by atoms with van der Waals surface area (Å²) >= 11 is 0. The third-order valence-electron chi connectivity index (χ3n) is 2.39. The molecule has 0 radical (unpaired) electrons. The maximum atomic E-state index is 12.7. The summed E-state index contributed by atoms with van der Waals surface area (Å²) in [4.78, 5) is 15.9. The van der Waals surface area contributed by atoms with E-state index in [0.29, 0.717) is 23.7 Å². The number of hydrogen-bond donors (Lipinski definition) is 1. The van der Waals surface area contributed by atoms with Crippen molar-refractivity contribution in [3.05, 3.63) is 54.0 Å². The Hall–Kier alpha value is -2.43. The molecule has 0 atom stereocenters. The van der Waals surface area contributed by atoms with E-state index in [2.05, 4.69) is 10.3 Å². The molecule has 1 aromatic carbocycles. The largest absolute Gasteiger partial charge is 0.478 e. The average molecular weight is 260 g/mol. The van der Waals surface area contributed by atoms with Gasteiger partial charge in [-0.2, -0.15) is 0 Å². The molecule has 0 aliphatic carbocycles. The number of nitrogens with one attached hydrogen (secondary N) is 1. The monoisotopic (exact) mass is 260 g/mol. The number of ether oxygens (including phenoxy) is 1. The first-order chi connectivity index (χ1) is 9.19. The van der Waals surface area contributed by atoms with Crippen molar-refractivity contribution in [1.29, 1.82) is 0 Å². The van der Waals surface area contributed by atoms with Gasteiger partial charge in [-0.25, -0.2) is 9.37 Å². The van der Waals surface area contributed by atoms with Crippen LogP contribution in [0.4, 0.5) is 10.1 Å². The molecule has 1 N–H and O–H groups in total. The highest BCUT2D eigenvalue weighted by atomic mass is 19.1. The van der Waals surface area contributed by atoms with Gasteiger partial charge in [0.15, 0.2) is 0 Å². The molecule has 1 amide bonds. The summed E-state index contributed by atoms with van der Waals surface area (Å²) in [6.07, 6.45) is 1.51. The fourth-order valence-electron chi connectivity index (χ4n) is 1.49. The van der Waals surface area contributed by atoms with Crippen molar-refractivity contribution in [1.82, 2.24) is 4.98 Å². The number of anilines is 1. The SMILES string of the molecule is CCOc1ccc(NC(=O)c2ccc(F)cc2)cn1. The minimum Gasteiger partial charge on any atom is -0.478 e. The molecule has 0 saturated heterocycles. The minimum atomic E-state index is -0.376. The van der Waals surface area contributed by atoms with Gasteiger partial charge in [0.25, 0.3) is 5.91 Å². The van der Waals surface area contributed by atoms with E-state index in [9.17, 15) is 9.18 Å². The molecule has 0 aliphatic rings. The lowest BCUT2D eigenvalue weighted by Gasteiger charge is -2.06. The lowest BCUT2D eigenvalue weighted by Crippen LogP contribution is -2.12. The Morgan fingerprint density at radius 3 is 2.58 bits per heavy atom. The van der Waals surface area contributed by atoms with E-state index in [1.54, 1.807) is 12.1 Å². The normalized spacial score (nSPS) is 10.0. The van der Waals surface area contributed by atoms with Crippen LogP contribution in [-0.4, -0.2) is 17.5 Å². The van der Waals surface area contributed by atoms with Gasteiger partial charge in [0.05, 0.1) is 18.5 Å². The Kier molecular flexibility index (Phi) is 4.07. The predicted molar refractivity (Wildman–Crippen MR) is 69.8 cm³/mol. The highest BCUT2D eigenvalue weighted by Gasteiger charge is 2.06. The molecule has 19 heavy (non-hydrogen) atoms. The Bertz CT molecular complexity index is 553. The van der Waals surface area contributed by atoms with Crippen LogP contribution in [0.2, 0.25) is 0 Å². The van der Waals surface area contributed by atoms with Crippen LogP contribution < -0.4 is 10.1 Å². The number of carbonyl (C=O) groups excluding carboxylic acids is 1. The Balaban J connectivity index is 2.04. The average Bonchev–Trinajstić information content (AvgIpc) is 2.42. The number of nitrogens with zero attached hydrogens (tertiary/aromatic N) is 1. The molecule has 0 unspecified atom stereocenters. The van der Waals surface area contributed by atoms with Crippen molar-refractivity contribution >= 4 is 11.6 Å². The number of hydrogen-bond acceptors (Lipinski definition) is 3. The molecular formula is C14H13FN2O2. The number of halogens is 1. The quantitative estimate of drug-likeness (QED) is 0.919. The molecule has 4 nitrogen and oxygen atoms in total. The molecule has 1 aromatic heterocycles. The van der Waals surface area contributed by atoms with Gasteiger partial charge in [0.2, 0.25) is 5.88 Å². The van der Waals surface area contributed by atoms with Crippen LogP contribution in [0.15, 0.2) is 42.6 Å².